The lowest BCUT2D eigenvalue weighted by Crippen LogP contribution is -2.11. The Morgan fingerprint density at radius 2 is 1.78 bits per heavy atom. The van der Waals surface area contributed by atoms with E-state index in [4.69, 9.17) is 27.6 Å². The summed E-state index contributed by atoms with van der Waals surface area (Å²) in [6, 6.07) is 17.8. The van der Waals surface area contributed by atoms with Crippen LogP contribution in [0.5, 0.6) is 0 Å². The summed E-state index contributed by atoms with van der Waals surface area (Å²) < 4.78 is 5.78. The molecule has 0 aliphatic rings. The number of oxazole rings is 1. The van der Waals surface area contributed by atoms with E-state index in [-0.39, 0.29) is 5.91 Å². The first kappa shape index (κ1) is 17.6. The number of aromatic nitrogens is 1. The Balaban J connectivity index is 1.62. The summed E-state index contributed by atoms with van der Waals surface area (Å²) in [5, 5.41) is 3.88. The first-order valence-electron chi connectivity index (χ1n) is 8.23. The van der Waals surface area contributed by atoms with Gasteiger partial charge in [-0.15, -0.1) is 0 Å². The Morgan fingerprint density at radius 3 is 2.52 bits per heavy atom. The van der Waals surface area contributed by atoms with Crippen molar-refractivity contribution in [3.63, 3.8) is 0 Å². The number of carbonyl (C=O) groups excluding carboxylic acids is 1. The molecule has 1 N–H and O–H groups in total. The van der Waals surface area contributed by atoms with Crippen LogP contribution in [0, 0.1) is 6.92 Å². The number of fused-ring (bicyclic) bond motifs is 1. The fourth-order valence-corrected chi connectivity index (χ4v) is 3.18. The van der Waals surface area contributed by atoms with Crippen molar-refractivity contribution in [3.8, 4) is 11.5 Å². The fraction of sp³-hybridized carbons (Fsp3) is 0.0476. The van der Waals surface area contributed by atoms with Gasteiger partial charge in [0, 0.05) is 16.3 Å². The van der Waals surface area contributed by atoms with Crippen LogP contribution in [-0.2, 0) is 0 Å². The number of halogens is 2. The van der Waals surface area contributed by atoms with Gasteiger partial charge in [0.1, 0.15) is 5.52 Å². The Hall–Kier alpha value is -2.82. The number of nitrogens with one attached hydrogen (secondary N) is 1. The van der Waals surface area contributed by atoms with Gasteiger partial charge in [-0.25, -0.2) is 4.98 Å². The summed E-state index contributed by atoms with van der Waals surface area (Å²) in [5.74, 6) is 0.215. The number of carbonyl (C=O) groups is 1. The molecule has 27 heavy (non-hydrogen) atoms. The largest absolute Gasteiger partial charge is 0.436 e. The molecule has 4 rings (SSSR count). The van der Waals surface area contributed by atoms with Crippen molar-refractivity contribution in [2.24, 2.45) is 0 Å². The summed E-state index contributed by atoms with van der Waals surface area (Å²) in [5.41, 5.74) is 4.21. The van der Waals surface area contributed by atoms with Crippen molar-refractivity contribution in [1.82, 2.24) is 4.98 Å². The van der Waals surface area contributed by atoms with E-state index in [2.05, 4.69) is 10.3 Å². The maximum atomic E-state index is 12.4. The summed E-state index contributed by atoms with van der Waals surface area (Å²) in [6.07, 6.45) is 0. The second kappa shape index (κ2) is 7.06. The van der Waals surface area contributed by atoms with E-state index < -0.39 is 0 Å². The molecule has 1 amide bonds. The Bertz CT molecular complexity index is 1150. The van der Waals surface area contributed by atoms with Gasteiger partial charge in [-0.3, -0.25) is 4.79 Å². The van der Waals surface area contributed by atoms with E-state index in [1.165, 1.54) is 0 Å². The summed E-state index contributed by atoms with van der Waals surface area (Å²) in [4.78, 5) is 16.9. The highest BCUT2D eigenvalue weighted by Gasteiger charge is 2.13. The highest BCUT2D eigenvalue weighted by atomic mass is 35.5. The Morgan fingerprint density at radius 1 is 1.00 bits per heavy atom. The van der Waals surface area contributed by atoms with E-state index in [1.807, 2.05) is 19.1 Å². The maximum Gasteiger partial charge on any atom is 0.255 e. The molecule has 0 atom stereocenters. The van der Waals surface area contributed by atoms with Crippen LogP contribution in [0.4, 0.5) is 5.69 Å². The van der Waals surface area contributed by atoms with E-state index in [0.29, 0.717) is 43.9 Å². The lowest BCUT2D eigenvalue weighted by atomic mass is 10.1. The average molecular weight is 397 g/mol. The average Bonchev–Trinajstić information content (AvgIpc) is 3.05. The van der Waals surface area contributed by atoms with Crippen LogP contribution in [0.25, 0.3) is 22.6 Å². The van der Waals surface area contributed by atoms with Crippen molar-refractivity contribution in [3.05, 3.63) is 81.8 Å². The quantitative estimate of drug-likeness (QED) is 0.438. The molecule has 0 saturated heterocycles. The third-order valence-corrected chi connectivity index (χ3v) is 4.67. The smallest absolute Gasteiger partial charge is 0.255 e. The molecular formula is C21H14Cl2N2O2. The number of aryl methyl sites for hydroxylation is 1. The fourth-order valence-electron chi connectivity index (χ4n) is 2.69. The zero-order valence-electron chi connectivity index (χ0n) is 14.3. The van der Waals surface area contributed by atoms with Crippen LogP contribution in [0.3, 0.4) is 0 Å². The van der Waals surface area contributed by atoms with Crippen LogP contribution in [0.2, 0.25) is 10.0 Å². The van der Waals surface area contributed by atoms with Crippen molar-refractivity contribution in [2.75, 3.05) is 5.32 Å². The zero-order chi connectivity index (χ0) is 19.0. The Kier molecular flexibility index (Phi) is 4.60. The minimum atomic E-state index is -0.182. The van der Waals surface area contributed by atoms with Crippen LogP contribution >= 0.6 is 23.2 Å². The monoisotopic (exact) mass is 396 g/mol. The number of nitrogens with zero attached hydrogens (tertiary/aromatic N) is 1. The standard InChI is InChI=1S/C21H14Cl2N2O2/c1-12-2-4-13(5-3-12)20(26)24-15-7-9-19-18(11-15)25-21(27-19)16-8-6-14(22)10-17(16)23/h2-11H,1H3,(H,24,26). The van der Waals surface area contributed by atoms with Gasteiger partial charge in [0.2, 0.25) is 5.89 Å². The molecular weight excluding hydrogens is 383 g/mol. The van der Waals surface area contributed by atoms with Crippen molar-refractivity contribution in [1.29, 1.82) is 0 Å². The molecule has 0 aliphatic heterocycles. The molecule has 1 heterocycles. The molecule has 4 aromatic rings. The van der Waals surface area contributed by atoms with Crippen LogP contribution < -0.4 is 5.32 Å². The molecule has 1 aromatic heterocycles. The van der Waals surface area contributed by atoms with Crippen LogP contribution in [0.15, 0.2) is 65.1 Å². The van der Waals surface area contributed by atoms with Crippen molar-refractivity contribution in [2.45, 2.75) is 6.92 Å². The molecule has 0 spiro atoms. The van der Waals surface area contributed by atoms with Gasteiger partial charge in [0.05, 0.1) is 10.6 Å². The van der Waals surface area contributed by atoms with Gasteiger partial charge in [0.25, 0.3) is 5.91 Å². The number of hydrogen-bond donors (Lipinski definition) is 1. The van der Waals surface area contributed by atoms with Gasteiger partial charge >= 0.3 is 0 Å². The lowest BCUT2D eigenvalue weighted by molar-refractivity contribution is 0.102. The summed E-state index contributed by atoms with van der Waals surface area (Å²) in [6.45, 7) is 1.98. The molecule has 6 heteroatoms. The van der Waals surface area contributed by atoms with Crippen LogP contribution in [-0.4, -0.2) is 10.9 Å². The molecule has 0 fully saturated rings. The third-order valence-electron chi connectivity index (χ3n) is 4.12. The molecule has 134 valence electrons. The molecule has 0 aliphatic carbocycles. The highest BCUT2D eigenvalue weighted by Crippen LogP contribution is 2.32. The topological polar surface area (TPSA) is 55.1 Å². The SMILES string of the molecule is Cc1ccc(C(=O)Nc2ccc3oc(-c4ccc(Cl)cc4Cl)nc3c2)cc1. The third kappa shape index (κ3) is 3.68. The van der Waals surface area contributed by atoms with Gasteiger partial charge in [-0.2, -0.15) is 0 Å². The number of anilines is 1. The van der Waals surface area contributed by atoms with E-state index >= 15 is 0 Å². The molecule has 0 radical (unpaired) electrons. The second-order valence-electron chi connectivity index (χ2n) is 6.15. The molecule has 0 saturated carbocycles. The lowest BCUT2D eigenvalue weighted by Gasteiger charge is -2.05. The molecule has 3 aromatic carbocycles. The van der Waals surface area contributed by atoms with Gasteiger partial charge in [-0.1, -0.05) is 40.9 Å². The van der Waals surface area contributed by atoms with Gasteiger partial charge < -0.3 is 9.73 Å². The number of benzene rings is 3. The Labute approximate surface area is 165 Å². The number of hydrogen-bond acceptors (Lipinski definition) is 3. The normalized spacial score (nSPS) is 10.9. The van der Waals surface area contributed by atoms with E-state index in [1.54, 1.807) is 48.5 Å². The predicted molar refractivity (Wildman–Crippen MR) is 109 cm³/mol. The predicted octanol–water partition coefficient (Wildman–Crippen LogP) is 6.36. The van der Waals surface area contributed by atoms with Crippen molar-refractivity contribution >= 4 is 45.9 Å². The maximum absolute atomic E-state index is 12.4. The zero-order valence-corrected chi connectivity index (χ0v) is 15.8. The minimum Gasteiger partial charge on any atom is -0.436 e. The number of rotatable bonds is 3. The summed E-state index contributed by atoms with van der Waals surface area (Å²) >= 11 is 12.2. The van der Waals surface area contributed by atoms with Gasteiger partial charge in [-0.05, 0) is 55.5 Å². The minimum absolute atomic E-state index is 0.182. The first-order chi connectivity index (χ1) is 13.0. The first-order valence-corrected chi connectivity index (χ1v) is 8.99. The summed E-state index contributed by atoms with van der Waals surface area (Å²) in [7, 11) is 0. The van der Waals surface area contributed by atoms with E-state index in [9.17, 15) is 4.79 Å². The number of amides is 1. The molecule has 4 nitrogen and oxygen atoms in total. The molecule has 0 bridgehead atoms. The molecule has 0 unspecified atom stereocenters. The van der Waals surface area contributed by atoms with Gasteiger partial charge in [0.15, 0.2) is 5.58 Å². The highest BCUT2D eigenvalue weighted by molar-refractivity contribution is 6.36. The second-order valence-corrected chi connectivity index (χ2v) is 6.99. The van der Waals surface area contributed by atoms with Crippen LogP contribution in [0.1, 0.15) is 15.9 Å². The van der Waals surface area contributed by atoms with Crippen molar-refractivity contribution < 1.29 is 9.21 Å². The van der Waals surface area contributed by atoms with E-state index in [0.717, 1.165) is 5.56 Å².